The molecule has 4 rings (SSSR count). The molecule has 0 aliphatic carbocycles. The summed E-state index contributed by atoms with van der Waals surface area (Å²) in [6, 6.07) is 23.1. The van der Waals surface area contributed by atoms with Crippen LogP contribution in [0.25, 0.3) is 0 Å². The Kier molecular flexibility index (Phi) is 4.23. The van der Waals surface area contributed by atoms with Crippen molar-refractivity contribution in [3.05, 3.63) is 95.1 Å². The van der Waals surface area contributed by atoms with Crippen LogP contribution in [-0.4, -0.2) is 12.1 Å². The van der Waals surface area contributed by atoms with Gasteiger partial charge in [0.2, 0.25) is 0 Å². The molecule has 26 heavy (non-hydrogen) atoms. The first kappa shape index (κ1) is 16.1. The Morgan fingerprint density at radius 1 is 1.00 bits per heavy atom. The molecule has 1 heterocycles. The van der Waals surface area contributed by atoms with E-state index in [4.69, 9.17) is 5.73 Å². The van der Waals surface area contributed by atoms with Gasteiger partial charge in [-0.1, -0.05) is 42.5 Å². The van der Waals surface area contributed by atoms with Gasteiger partial charge in [-0.25, -0.2) is 0 Å². The summed E-state index contributed by atoms with van der Waals surface area (Å²) in [7, 11) is 0. The molecule has 0 bridgehead atoms. The highest BCUT2D eigenvalue weighted by molar-refractivity contribution is 6.04. The van der Waals surface area contributed by atoms with Crippen molar-refractivity contribution in [2.24, 2.45) is 4.99 Å². The lowest BCUT2D eigenvalue weighted by atomic mass is 9.97. The van der Waals surface area contributed by atoms with Crippen LogP contribution in [0.2, 0.25) is 0 Å². The molecule has 1 unspecified atom stereocenters. The molecule has 4 heteroatoms. The third kappa shape index (κ3) is 3.22. The van der Waals surface area contributed by atoms with E-state index in [1.165, 1.54) is 0 Å². The second-order valence-corrected chi connectivity index (χ2v) is 6.37. The summed E-state index contributed by atoms with van der Waals surface area (Å²) in [5, 5.41) is 2.95. The van der Waals surface area contributed by atoms with Crippen molar-refractivity contribution >= 4 is 23.5 Å². The minimum absolute atomic E-state index is 0.0635. The van der Waals surface area contributed by atoms with Crippen LogP contribution in [-0.2, 0) is 6.42 Å². The molecule has 0 fully saturated rings. The number of nitrogens with one attached hydrogen (secondary N) is 1. The number of nitrogens with two attached hydrogens (primary N) is 1. The molecule has 3 aromatic rings. The van der Waals surface area contributed by atoms with Gasteiger partial charge in [0.15, 0.2) is 0 Å². The zero-order valence-corrected chi connectivity index (χ0v) is 14.2. The fourth-order valence-electron chi connectivity index (χ4n) is 3.24. The van der Waals surface area contributed by atoms with Crippen LogP contribution in [0.15, 0.2) is 77.8 Å². The Morgan fingerprint density at radius 3 is 2.65 bits per heavy atom. The van der Waals surface area contributed by atoms with Crippen molar-refractivity contribution in [3.63, 3.8) is 0 Å². The summed E-state index contributed by atoms with van der Waals surface area (Å²) in [5.41, 5.74) is 11.5. The summed E-state index contributed by atoms with van der Waals surface area (Å²) in [6.07, 6.45) is 2.62. The SMILES string of the molecule is Nc1cccc2c1C=NC2Cc1cccc(NC(=O)c2ccccc2)c1. The highest BCUT2D eigenvalue weighted by Crippen LogP contribution is 2.32. The number of hydrogen-bond donors (Lipinski definition) is 2. The number of aliphatic imine (C=N–C) groups is 1. The first-order valence-electron chi connectivity index (χ1n) is 8.57. The lowest BCUT2D eigenvalue weighted by Gasteiger charge is -2.12. The first-order valence-corrected chi connectivity index (χ1v) is 8.57. The second-order valence-electron chi connectivity index (χ2n) is 6.37. The predicted molar refractivity (Wildman–Crippen MR) is 106 cm³/mol. The van der Waals surface area contributed by atoms with Gasteiger partial charge in [0.25, 0.3) is 5.91 Å². The topological polar surface area (TPSA) is 67.5 Å². The third-order valence-corrected chi connectivity index (χ3v) is 4.57. The van der Waals surface area contributed by atoms with Crippen molar-refractivity contribution < 1.29 is 4.79 Å². The van der Waals surface area contributed by atoms with Gasteiger partial charge in [0, 0.05) is 28.7 Å². The lowest BCUT2D eigenvalue weighted by Crippen LogP contribution is -2.11. The van der Waals surface area contributed by atoms with Crippen LogP contribution < -0.4 is 11.1 Å². The van der Waals surface area contributed by atoms with Crippen molar-refractivity contribution in [2.45, 2.75) is 12.5 Å². The molecule has 3 aromatic carbocycles. The minimum Gasteiger partial charge on any atom is -0.398 e. The molecular formula is C22H19N3O. The van der Waals surface area contributed by atoms with E-state index < -0.39 is 0 Å². The van der Waals surface area contributed by atoms with E-state index >= 15 is 0 Å². The molecule has 4 nitrogen and oxygen atoms in total. The average molecular weight is 341 g/mol. The van der Waals surface area contributed by atoms with Crippen molar-refractivity contribution in [1.82, 2.24) is 0 Å². The number of benzene rings is 3. The van der Waals surface area contributed by atoms with Crippen LogP contribution in [0.3, 0.4) is 0 Å². The van der Waals surface area contributed by atoms with Crippen molar-refractivity contribution in [3.8, 4) is 0 Å². The summed E-state index contributed by atoms with van der Waals surface area (Å²) in [4.78, 5) is 16.9. The highest BCUT2D eigenvalue weighted by atomic mass is 16.1. The van der Waals surface area contributed by atoms with Gasteiger partial charge in [-0.2, -0.15) is 0 Å². The maximum absolute atomic E-state index is 12.3. The number of rotatable bonds is 4. The van der Waals surface area contributed by atoms with E-state index in [0.29, 0.717) is 5.56 Å². The van der Waals surface area contributed by atoms with Gasteiger partial charge in [-0.3, -0.25) is 9.79 Å². The Bertz CT molecular complexity index is 980. The number of amides is 1. The summed E-state index contributed by atoms with van der Waals surface area (Å²) in [5.74, 6) is -0.111. The van der Waals surface area contributed by atoms with Crippen LogP contribution in [0, 0.1) is 0 Å². The molecule has 0 aromatic heterocycles. The van der Waals surface area contributed by atoms with E-state index in [9.17, 15) is 4.79 Å². The van der Waals surface area contributed by atoms with Crippen LogP contribution in [0.4, 0.5) is 11.4 Å². The number of nitrogens with zero attached hydrogens (tertiary/aromatic N) is 1. The predicted octanol–water partition coefficient (Wildman–Crippen LogP) is 4.24. The molecule has 128 valence electrons. The Hall–Kier alpha value is -3.40. The summed E-state index contributed by atoms with van der Waals surface area (Å²) < 4.78 is 0. The normalized spacial score (nSPS) is 14.8. The second kappa shape index (κ2) is 6.84. The summed E-state index contributed by atoms with van der Waals surface area (Å²) in [6.45, 7) is 0. The first-order chi connectivity index (χ1) is 12.7. The van der Waals surface area contributed by atoms with E-state index in [0.717, 1.165) is 34.5 Å². The number of fused-ring (bicyclic) bond motifs is 1. The zero-order valence-electron chi connectivity index (χ0n) is 14.2. The van der Waals surface area contributed by atoms with E-state index in [1.54, 1.807) is 12.1 Å². The smallest absolute Gasteiger partial charge is 0.255 e. The van der Waals surface area contributed by atoms with Gasteiger partial charge >= 0.3 is 0 Å². The molecule has 3 N–H and O–H groups in total. The van der Waals surface area contributed by atoms with Crippen LogP contribution >= 0.6 is 0 Å². The van der Waals surface area contributed by atoms with E-state index in [1.807, 2.05) is 54.7 Å². The number of carbonyl (C=O) groups is 1. The quantitative estimate of drug-likeness (QED) is 0.697. The Labute approximate surface area is 152 Å². The number of nitrogen functional groups attached to an aromatic ring is 1. The lowest BCUT2D eigenvalue weighted by molar-refractivity contribution is 0.102. The molecule has 1 aliphatic rings. The monoisotopic (exact) mass is 341 g/mol. The molecule has 0 saturated heterocycles. The minimum atomic E-state index is -0.111. The highest BCUT2D eigenvalue weighted by Gasteiger charge is 2.20. The number of anilines is 2. The zero-order chi connectivity index (χ0) is 17.9. The fourth-order valence-corrected chi connectivity index (χ4v) is 3.24. The number of hydrogen-bond acceptors (Lipinski definition) is 3. The van der Waals surface area contributed by atoms with Gasteiger partial charge in [-0.05, 0) is 47.9 Å². The van der Waals surface area contributed by atoms with Crippen LogP contribution in [0.1, 0.15) is 33.1 Å². The fraction of sp³-hybridized carbons (Fsp3) is 0.0909. The van der Waals surface area contributed by atoms with Gasteiger partial charge < -0.3 is 11.1 Å². The largest absolute Gasteiger partial charge is 0.398 e. The maximum Gasteiger partial charge on any atom is 0.255 e. The van der Waals surface area contributed by atoms with Gasteiger partial charge in [0.05, 0.1) is 6.04 Å². The molecule has 1 atom stereocenters. The molecular weight excluding hydrogens is 322 g/mol. The number of carbonyl (C=O) groups excluding carboxylic acids is 1. The average Bonchev–Trinajstić information content (AvgIpc) is 3.07. The van der Waals surface area contributed by atoms with Crippen molar-refractivity contribution in [2.75, 3.05) is 11.1 Å². The van der Waals surface area contributed by atoms with E-state index in [-0.39, 0.29) is 11.9 Å². The molecule has 0 spiro atoms. The third-order valence-electron chi connectivity index (χ3n) is 4.57. The molecule has 0 saturated carbocycles. The molecule has 1 amide bonds. The van der Waals surface area contributed by atoms with Crippen molar-refractivity contribution in [1.29, 1.82) is 0 Å². The molecule has 0 radical (unpaired) electrons. The summed E-state index contributed by atoms with van der Waals surface area (Å²) >= 11 is 0. The van der Waals surface area contributed by atoms with Gasteiger partial charge in [-0.15, -0.1) is 0 Å². The standard InChI is InChI=1S/C22H19N3O/c23-20-11-5-10-18-19(20)14-24-21(18)13-15-6-4-9-17(12-15)25-22(26)16-7-2-1-3-8-16/h1-12,14,21H,13,23H2,(H,25,26). The van der Waals surface area contributed by atoms with Gasteiger partial charge in [0.1, 0.15) is 0 Å². The van der Waals surface area contributed by atoms with Crippen LogP contribution in [0.5, 0.6) is 0 Å². The Balaban J connectivity index is 1.50. The molecule has 1 aliphatic heterocycles. The maximum atomic E-state index is 12.3. The van der Waals surface area contributed by atoms with E-state index in [2.05, 4.69) is 22.4 Å². The Morgan fingerprint density at radius 2 is 1.81 bits per heavy atom.